The van der Waals surface area contributed by atoms with Crippen molar-refractivity contribution >= 4 is 45.1 Å². The zero-order chi connectivity index (χ0) is 56.7. The fourth-order valence-electron chi connectivity index (χ4n) is 13.5. The Balaban J connectivity index is 0.000000182. The molecular weight excluding hydrogens is 1010 g/mol. The molecule has 2 atom stereocenters. The molecule has 1 aliphatic carbocycles. The molecule has 1 N–H and O–H groups in total. The van der Waals surface area contributed by atoms with E-state index in [1.807, 2.05) is 37.3 Å². The third kappa shape index (κ3) is 10.4. The van der Waals surface area contributed by atoms with E-state index in [2.05, 4.69) is 122 Å². The summed E-state index contributed by atoms with van der Waals surface area (Å²) in [4.78, 5) is 38.9. The van der Waals surface area contributed by atoms with Gasteiger partial charge in [-0.1, -0.05) is 108 Å². The largest absolute Gasteiger partial charge is 0.496 e. The van der Waals surface area contributed by atoms with Crippen LogP contribution in [0.5, 0.6) is 11.5 Å². The van der Waals surface area contributed by atoms with Crippen LogP contribution in [0, 0.1) is 19.8 Å². The molecule has 0 spiro atoms. The first-order chi connectivity index (χ1) is 39.6. The molecule has 3 aliphatic rings. The number of benzene rings is 4. The summed E-state index contributed by atoms with van der Waals surface area (Å²) in [5.74, 6) is 1.45. The van der Waals surface area contributed by atoms with Crippen molar-refractivity contribution in [2.75, 3.05) is 43.6 Å². The van der Waals surface area contributed by atoms with Gasteiger partial charge in [-0.2, -0.15) is 0 Å². The molecule has 0 saturated heterocycles. The van der Waals surface area contributed by atoms with Gasteiger partial charge in [0.1, 0.15) is 22.9 Å². The molecule has 12 heteroatoms. The Labute approximate surface area is 479 Å². The number of aromatic nitrogens is 4. The third-order valence-corrected chi connectivity index (χ3v) is 17.4. The van der Waals surface area contributed by atoms with Crippen molar-refractivity contribution in [3.05, 3.63) is 178 Å². The molecule has 12 nitrogen and oxygen atoms in total. The zero-order valence-corrected chi connectivity index (χ0v) is 49.0. The standard InChI is InChI=1S/C36H45N3O3.C33H37N3O3/c1-6-10-11-12-13-16-24-39-26(5)33(28-18-14-15-20-31(28)39)36(34-29(35(40)42-36)19-17-23-37-34)30-22-21-27(38(7-2)8-3)25-32(30)41-9-4;1-4-36-22(2)30(25-13-8-9-15-28(25)36)33(31-26(32(37)39-33)14-10-19-35-31)27-17-16-24(21-29(27)38-3)34-20-18-23-11-6-5-7-12-23/h14-15,17-23,25H,6-13,16,24H2,1-5H3;8-10,13-17,19,21,23,34H,4-7,11-12,18,20H2,1-3H3. The molecule has 4 aromatic carbocycles. The van der Waals surface area contributed by atoms with Gasteiger partial charge in [-0.3, -0.25) is 9.97 Å². The summed E-state index contributed by atoms with van der Waals surface area (Å²) in [6.07, 6.45) is 18.8. The average molecular weight is 1090 g/mol. The van der Waals surface area contributed by atoms with E-state index in [1.54, 1.807) is 37.7 Å². The van der Waals surface area contributed by atoms with Crippen LogP contribution < -0.4 is 19.7 Å². The number of ether oxygens (including phenoxy) is 4. The molecule has 6 heterocycles. The number of rotatable bonds is 22. The third-order valence-electron chi connectivity index (χ3n) is 17.4. The van der Waals surface area contributed by atoms with Gasteiger partial charge in [0, 0.05) is 124 Å². The normalized spacial score (nSPS) is 17.6. The van der Waals surface area contributed by atoms with Crippen molar-refractivity contribution in [3.8, 4) is 11.5 Å². The summed E-state index contributed by atoms with van der Waals surface area (Å²) in [5, 5.41) is 5.72. The molecule has 0 bridgehead atoms. The molecule has 81 heavy (non-hydrogen) atoms. The predicted octanol–water partition coefficient (Wildman–Crippen LogP) is 15.6. The number of para-hydroxylation sites is 2. The average Bonchev–Trinajstić information content (AvgIpc) is 2.98. The van der Waals surface area contributed by atoms with E-state index in [0.717, 1.165) is 112 Å². The molecule has 11 rings (SSSR count). The highest BCUT2D eigenvalue weighted by atomic mass is 16.6. The summed E-state index contributed by atoms with van der Waals surface area (Å²) in [6, 6.07) is 36.4. The highest BCUT2D eigenvalue weighted by molar-refractivity contribution is 5.99. The Morgan fingerprint density at radius 3 is 1.80 bits per heavy atom. The number of fused-ring (bicyclic) bond motifs is 4. The number of nitrogens with zero attached hydrogens (tertiary/aromatic N) is 5. The number of esters is 2. The summed E-state index contributed by atoms with van der Waals surface area (Å²) < 4.78 is 30.1. The van der Waals surface area contributed by atoms with Crippen LogP contribution in [0.25, 0.3) is 21.8 Å². The molecule has 0 radical (unpaired) electrons. The van der Waals surface area contributed by atoms with Crippen molar-refractivity contribution in [2.45, 2.75) is 150 Å². The van der Waals surface area contributed by atoms with Crippen LogP contribution in [-0.2, 0) is 33.8 Å². The van der Waals surface area contributed by atoms with E-state index < -0.39 is 11.2 Å². The van der Waals surface area contributed by atoms with E-state index in [0.29, 0.717) is 40.6 Å². The van der Waals surface area contributed by atoms with E-state index >= 15 is 0 Å². The summed E-state index contributed by atoms with van der Waals surface area (Å²) in [7, 11) is 1.68. The van der Waals surface area contributed by atoms with Crippen LogP contribution in [0.15, 0.2) is 122 Å². The number of cyclic esters (lactones) is 2. The second-order valence-corrected chi connectivity index (χ2v) is 22.0. The monoisotopic (exact) mass is 1090 g/mol. The summed E-state index contributed by atoms with van der Waals surface area (Å²) >= 11 is 0. The van der Waals surface area contributed by atoms with Gasteiger partial charge in [0.2, 0.25) is 11.2 Å². The van der Waals surface area contributed by atoms with E-state index in [9.17, 15) is 9.59 Å². The number of carbonyl (C=O) groups excluding carboxylic acids is 2. The molecule has 1 fully saturated rings. The minimum absolute atomic E-state index is 0.361. The lowest BCUT2D eigenvalue weighted by molar-refractivity contribution is 0.0228. The Morgan fingerprint density at radius 1 is 0.642 bits per heavy atom. The minimum Gasteiger partial charge on any atom is -0.496 e. The number of pyridine rings is 2. The maximum absolute atomic E-state index is 13.6. The first kappa shape index (κ1) is 56.7. The van der Waals surface area contributed by atoms with Crippen LogP contribution in [0.1, 0.15) is 177 Å². The van der Waals surface area contributed by atoms with Gasteiger partial charge in [0.25, 0.3) is 0 Å². The minimum atomic E-state index is -1.24. The molecule has 8 aromatic rings. The van der Waals surface area contributed by atoms with E-state index in [4.69, 9.17) is 28.9 Å². The number of carbonyl (C=O) groups is 2. The Hall–Kier alpha value is -7.60. The quantitative estimate of drug-likeness (QED) is 0.0518. The SMILES string of the molecule is CCCCCCCCn1c(C)c(C2(c3ccc(N(CC)CC)cc3OCC)OC(=O)c3cccnc32)c2ccccc21.CCn1c(C)c(C2(c3ccc(NCCC4CCCCC4)cc3OC)OC(=O)c3cccnc32)c2ccccc21. The van der Waals surface area contributed by atoms with Gasteiger partial charge in [-0.15, -0.1) is 0 Å². The van der Waals surface area contributed by atoms with Gasteiger partial charge in [-0.05, 0) is 121 Å². The van der Waals surface area contributed by atoms with Crippen molar-refractivity contribution in [1.29, 1.82) is 0 Å². The lowest BCUT2D eigenvalue weighted by Crippen LogP contribution is -2.32. The fraction of sp³-hybridized carbons (Fsp3) is 0.420. The van der Waals surface area contributed by atoms with Crippen molar-refractivity contribution in [3.63, 3.8) is 0 Å². The smallest absolute Gasteiger partial charge is 0.341 e. The molecule has 0 amide bonds. The topological polar surface area (TPSA) is 122 Å². The predicted molar refractivity (Wildman–Crippen MR) is 325 cm³/mol. The molecular formula is C69H82N6O6. The van der Waals surface area contributed by atoms with Crippen LogP contribution in [0.4, 0.5) is 11.4 Å². The Bertz CT molecular complexity index is 3520. The number of anilines is 2. The second-order valence-electron chi connectivity index (χ2n) is 22.0. The van der Waals surface area contributed by atoms with Crippen LogP contribution >= 0.6 is 0 Å². The van der Waals surface area contributed by atoms with Crippen LogP contribution in [0.2, 0.25) is 0 Å². The number of hydrogen-bond acceptors (Lipinski definition) is 10. The number of hydrogen-bond donors (Lipinski definition) is 1. The van der Waals surface area contributed by atoms with Gasteiger partial charge in [0.15, 0.2) is 0 Å². The lowest BCUT2D eigenvalue weighted by atomic mass is 9.80. The highest BCUT2D eigenvalue weighted by Crippen LogP contribution is 2.55. The van der Waals surface area contributed by atoms with E-state index in [1.165, 1.54) is 70.6 Å². The summed E-state index contributed by atoms with van der Waals surface area (Å²) in [5.41, 5.74) is 9.68. The fourth-order valence-corrected chi connectivity index (χ4v) is 13.5. The van der Waals surface area contributed by atoms with Gasteiger partial charge in [0.05, 0.1) is 24.8 Å². The van der Waals surface area contributed by atoms with Gasteiger partial charge in [-0.25, -0.2) is 9.59 Å². The number of aryl methyl sites for hydroxylation is 2. The zero-order valence-electron chi connectivity index (χ0n) is 49.0. The molecule has 2 aliphatic heterocycles. The lowest BCUT2D eigenvalue weighted by Gasteiger charge is -2.32. The van der Waals surface area contributed by atoms with Crippen molar-refractivity contribution in [1.82, 2.24) is 19.1 Å². The maximum Gasteiger partial charge on any atom is 0.341 e. The molecule has 4 aromatic heterocycles. The second kappa shape index (κ2) is 25.0. The Kier molecular flexibility index (Phi) is 17.5. The number of unbranched alkanes of at least 4 members (excludes halogenated alkanes) is 5. The van der Waals surface area contributed by atoms with Crippen molar-refractivity contribution in [2.24, 2.45) is 5.92 Å². The molecule has 424 valence electrons. The van der Waals surface area contributed by atoms with Gasteiger partial charge >= 0.3 is 11.9 Å². The number of methoxy groups -OCH3 is 1. The van der Waals surface area contributed by atoms with Crippen molar-refractivity contribution < 1.29 is 28.5 Å². The summed E-state index contributed by atoms with van der Waals surface area (Å²) in [6.45, 7) is 19.9. The molecule has 1 saturated carbocycles. The molecule has 2 unspecified atom stereocenters. The first-order valence-electron chi connectivity index (χ1n) is 30.1. The van der Waals surface area contributed by atoms with Gasteiger partial charge < -0.3 is 38.3 Å². The van der Waals surface area contributed by atoms with Crippen LogP contribution in [0.3, 0.4) is 0 Å². The van der Waals surface area contributed by atoms with Crippen LogP contribution in [-0.4, -0.2) is 64.4 Å². The Morgan fingerprint density at radius 2 is 1.21 bits per heavy atom. The van der Waals surface area contributed by atoms with E-state index in [-0.39, 0.29) is 11.9 Å². The number of nitrogens with one attached hydrogen (secondary N) is 1. The maximum atomic E-state index is 13.6. The highest BCUT2D eigenvalue weighted by Gasteiger charge is 2.55. The first-order valence-corrected chi connectivity index (χ1v) is 30.1.